The molecule has 1 rings (SSSR count). The highest BCUT2D eigenvalue weighted by atomic mass is 32.2. The molecule has 0 saturated heterocycles. The molecule has 1 atom stereocenters. The predicted molar refractivity (Wildman–Crippen MR) is 31.7 cm³/mol. The van der Waals surface area contributed by atoms with E-state index in [0.717, 1.165) is 0 Å². The van der Waals surface area contributed by atoms with Crippen molar-refractivity contribution in [1.82, 2.24) is 4.98 Å². The highest BCUT2D eigenvalue weighted by molar-refractivity contribution is 7.93. The van der Waals surface area contributed by atoms with Crippen LogP contribution in [0.3, 0.4) is 0 Å². The Hall–Kier alpha value is -0.520. The van der Waals surface area contributed by atoms with Gasteiger partial charge in [0.25, 0.3) is 0 Å². The van der Waals surface area contributed by atoms with Crippen LogP contribution in [-0.4, -0.2) is 14.6 Å². The zero-order chi connectivity index (χ0) is 6.69. The van der Waals surface area contributed by atoms with E-state index in [-0.39, 0.29) is 17.9 Å². The number of aliphatic hydroxyl groups excluding tert-OH is 1. The van der Waals surface area contributed by atoms with Crippen LogP contribution in [0.1, 0.15) is 11.3 Å². The Labute approximate surface area is 55.7 Å². The van der Waals surface area contributed by atoms with Crippen molar-refractivity contribution >= 4 is 12.0 Å². The number of aromatic nitrogens is 1. The Balaban J connectivity index is 2.65. The van der Waals surface area contributed by atoms with Gasteiger partial charge in [0.05, 0.1) is 6.20 Å². The van der Waals surface area contributed by atoms with Crippen molar-refractivity contribution in [3.63, 3.8) is 0 Å². The van der Waals surface area contributed by atoms with Gasteiger partial charge in [-0.15, -0.1) is 0 Å². The van der Waals surface area contributed by atoms with E-state index in [1.807, 2.05) is 0 Å². The summed E-state index contributed by atoms with van der Waals surface area (Å²) >= 11 is 0.282. The molecule has 1 aromatic heterocycles. The molecule has 0 radical (unpaired) electrons. The number of nitrogens with zero attached hydrogens (tertiary/aromatic N) is 1. The van der Waals surface area contributed by atoms with Crippen LogP contribution >= 0.6 is 12.0 Å². The third-order valence-corrected chi connectivity index (χ3v) is 1.16. The predicted octanol–water partition coefficient (Wildman–Crippen LogP) is 0.872. The largest absolute Gasteiger partial charge is 0.445 e. The first-order valence-electron chi connectivity index (χ1n) is 2.22. The minimum atomic E-state index is -1.07. The topological polar surface area (TPSA) is 66.5 Å². The highest BCUT2D eigenvalue weighted by Crippen LogP contribution is 2.19. The van der Waals surface area contributed by atoms with Gasteiger partial charge >= 0.3 is 0 Å². The Bertz CT molecular complexity index is 164. The van der Waals surface area contributed by atoms with E-state index in [4.69, 9.17) is 9.66 Å². The van der Waals surface area contributed by atoms with E-state index >= 15 is 0 Å². The molecule has 1 heterocycles. The van der Waals surface area contributed by atoms with Gasteiger partial charge in [0, 0.05) is 12.0 Å². The number of hydrogen-bond acceptors (Lipinski definition) is 5. The van der Waals surface area contributed by atoms with Gasteiger partial charge in [-0.2, -0.15) is 0 Å². The summed E-state index contributed by atoms with van der Waals surface area (Å²) in [6.45, 7) is 0. The van der Waals surface area contributed by atoms with E-state index in [2.05, 4.69) is 9.40 Å². The van der Waals surface area contributed by atoms with E-state index in [9.17, 15) is 0 Å². The lowest BCUT2D eigenvalue weighted by atomic mass is 10.7. The van der Waals surface area contributed by atoms with Crippen molar-refractivity contribution < 1.29 is 14.1 Å². The van der Waals surface area contributed by atoms with Gasteiger partial charge in [-0.05, 0) is 0 Å². The van der Waals surface area contributed by atoms with E-state index < -0.39 is 5.44 Å². The smallest absolute Gasteiger partial charge is 0.235 e. The third kappa shape index (κ3) is 1.44. The van der Waals surface area contributed by atoms with E-state index in [1.54, 1.807) is 0 Å². The first-order chi connectivity index (χ1) is 4.34. The molecule has 0 fully saturated rings. The van der Waals surface area contributed by atoms with Crippen LogP contribution in [0.15, 0.2) is 16.9 Å². The molecule has 1 aromatic rings. The third-order valence-electron chi connectivity index (χ3n) is 0.763. The normalized spacial score (nSPS) is 13.6. The zero-order valence-electron chi connectivity index (χ0n) is 4.39. The van der Waals surface area contributed by atoms with Gasteiger partial charge in [-0.3, -0.25) is 0 Å². The summed E-state index contributed by atoms with van der Waals surface area (Å²) in [5, 5.41) is 8.77. The fourth-order valence-corrected chi connectivity index (χ4v) is 0.608. The van der Waals surface area contributed by atoms with Crippen molar-refractivity contribution in [2.75, 3.05) is 0 Å². The second-order valence-electron chi connectivity index (χ2n) is 1.33. The Morgan fingerprint density at radius 2 is 2.56 bits per heavy atom. The monoisotopic (exact) mass is 147 g/mol. The zero-order valence-corrected chi connectivity index (χ0v) is 5.21. The van der Waals surface area contributed by atoms with Crippen LogP contribution in [0.5, 0.6) is 0 Å². The molecule has 0 bridgehead atoms. The van der Waals surface area contributed by atoms with E-state index in [0.29, 0.717) is 0 Å². The van der Waals surface area contributed by atoms with E-state index in [1.165, 1.54) is 12.5 Å². The fourth-order valence-electron chi connectivity index (χ4n) is 0.402. The second-order valence-corrected chi connectivity index (χ2v) is 1.99. The molecule has 0 aliphatic carbocycles. The molecule has 0 aliphatic heterocycles. The fraction of sp³-hybridized carbons (Fsp3) is 0.250. The molecule has 5 heteroatoms. The summed E-state index contributed by atoms with van der Waals surface area (Å²) in [4.78, 5) is 3.59. The van der Waals surface area contributed by atoms with Gasteiger partial charge in [-0.1, -0.05) is 0 Å². The summed E-state index contributed by atoms with van der Waals surface area (Å²) in [7, 11) is 0. The average Bonchev–Trinajstić information content (AvgIpc) is 2.37. The lowest BCUT2D eigenvalue weighted by Gasteiger charge is -1.96. The van der Waals surface area contributed by atoms with Crippen LogP contribution in [0.2, 0.25) is 0 Å². The number of oxazole rings is 1. The van der Waals surface area contributed by atoms with Crippen molar-refractivity contribution in [3.8, 4) is 0 Å². The summed E-state index contributed by atoms with van der Waals surface area (Å²) in [5.41, 5.74) is -1.07. The standard InChI is InChI=1S/C4H5NO3S/c6-4(9-7)3-5-1-2-8-3/h1-2,4,6-7H. The summed E-state index contributed by atoms with van der Waals surface area (Å²) < 4.78 is 12.9. The Kier molecular flexibility index (Phi) is 2.10. The van der Waals surface area contributed by atoms with Gasteiger partial charge in [0.1, 0.15) is 6.26 Å². The minimum absolute atomic E-state index is 0.113. The van der Waals surface area contributed by atoms with Crippen LogP contribution in [-0.2, 0) is 0 Å². The molecule has 2 N–H and O–H groups in total. The molecule has 0 spiro atoms. The van der Waals surface area contributed by atoms with Crippen molar-refractivity contribution in [2.45, 2.75) is 5.44 Å². The maximum absolute atomic E-state index is 8.77. The van der Waals surface area contributed by atoms with Crippen LogP contribution in [0, 0.1) is 0 Å². The molecule has 0 saturated carbocycles. The molecular weight excluding hydrogens is 142 g/mol. The van der Waals surface area contributed by atoms with Crippen LogP contribution in [0.25, 0.3) is 0 Å². The first-order valence-corrected chi connectivity index (χ1v) is 3.06. The first kappa shape index (κ1) is 6.60. The number of rotatable bonds is 2. The van der Waals surface area contributed by atoms with Gasteiger partial charge in [-0.25, -0.2) is 4.98 Å². The van der Waals surface area contributed by atoms with Crippen molar-refractivity contribution in [2.24, 2.45) is 0 Å². The number of aliphatic hydroxyl groups is 1. The average molecular weight is 147 g/mol. The molecular formula is C4H5NO3S. The van der Waals surface area contributed by atoms with Crippen LogP contribution in [0.4, 0.5) is 0 Å². The number of hydrogen-bond donors (Lipinski definition) is 2. The molecule has 4 nitrogen and oxygen atoms in total. The molecule has 0 amide bonds. The van der Waals surface area contributed by atoms with Gasteiger partial charge in [0.2, 0.25) is 11.3 Å². The molecule has 1 unspecified atom stereocenters. The SMILES string of the molecule is OSC(O)c1ncco1. The lowest BCUT2D eigenvalue weighted by Crippen LogP contribution is -1.89. The van der Waals surface area contributed by atoms with Gasteiger partial charge in [0.15, 0.2) is 0 Å². The Morgan fingerprint density at radius 3 is 3.00 bits per heavy atom. The molecule has 9 heavy (non-hydrogen) atoms. The lowest BCUT2D eigenvalue weighted by molar-refractivity contribution is 0.222. The highest BCUT2D eigenvalue weighted by Gasteiger charge is 2.10. The molecule has 50 valence electrons. The molecule has 0 aliphatic rings. The Morgan fingerprint density at radius 1 is 1.78 bits per heavy atom. The van der Waals surface area contributed by atoms with Crippen molar-refractivity contribution in [3.05, 3.63) is 18.4 Å². The molecule has 0 aromatic carbocycles. The minimum Gasteiger partial charge on any atom is -0.445 e. The second kappa shape index (κ2) is 2.86. The van der Waals surface area contributed by atoms with Gasteiger partial charge < -0.3 is 14.1 Å². The summed E-state index contributed by atoms with van der Waals surface area (Å²) in [6.07, 6.45) is 2.73. The summed E-state index contributed by atoms with van der Waals surface area (Å²) in [5.74, 6) is 0.113. The maximum atomic E-state index is 8.77. The quantitative estimate of drug-likeness (QED) is 0.480. The van der Waals surface area contributed by atoms with Crippen LogP contribution < -0.4 is 0 Å². The summed E-state index contributed by atoms with van der Waals surface area (Å²) in [6, 6.07) is 0. The van der Waals surface area contributed by atoms with Crippen molar-refractivity contribution in [1.29, 1.82) is 0 Å². The maximum Gasteiger partial charge on any atom is 0.235 e.